The molecule has 10 heteroatoms. The first-order valence-corrected chi connectivity index (χ1v) is 11.9. The molecule has 0 bridgehead atoms. The van der Waals surface area contributed by atoms with Crippen LogP contribution in [0.2, 0.25) is 0 Å². The molecule has 3 aromatic heterocycles. The van der Waals surface area contributed by atoms with Gasteiger partial charge in [-0.25, -0.2) is 13.8 Å². The maximum Gasteiger partial charge on any atom is 0.263 e. The first-order chi connectivity index (χ1) is 16.4. The second-order valence-electron chi connectivity index (χ2n) is 8.23. The van der Waals surface area contributed by atoms with Crippen LogP contribution in [0.5, 0.6) is 0 Å². The number of fused-ring (bicyclic) bond motifs is 2. The lowest BCUT2D eigenvalue weighted by Crippen LogP contribution is -2.34. The van der Waals surface area contributed by atoms with Gasteiger partial charge in [0.1, 0.15) is 21.3 Å². The number of nitrogens with zero attached hydrogens (tertiary/aromatic N) is 4. The van der Waals surface area contributed by atoms with Crippen LogP contribution < -0.4 is 15.5 Å². The van der Waals surface area contributed by atoms with Gasteiger partial charge in [-0.3, -0.25) is 9.48 Å². The van der Waals surface area contributed by atoms with Crippen molar-refractivity contribution < 1.29 is 13.6 Å². The number of benzene rings is 1. The van der Waals surface area contributed by atoms with Gasteiger partial charge in [0.05, 0.1) is 30.2 Å². The Morgan fingerprint density at radius 3 is 2.85 bits per heavy atom. The zero-order chi connectivity index (χ0) is 23.8. The molecule has 1 aliphatic heterocycles. The third-order valence-corrected chi connectivity index (χ3v) is 7.12. The Morgan fingerprint density at radius 2 is 2.03 bits per heavy atom. The maximum atomic E-state index is 14.9. The number of aromatic nitrogens is 3. The van der Waals surface area contributed by atoms with E-state index in [1.54, 1.807) is 13.2 Å². The summed E-state index contributed by atoms with van der Waals surface area (Å²) in [6.45, 7) is 3.73. The minimum atomic E-state index is -0.484. The van der Waals surface area contributed by atoms with Crippen LogP contribution in [-0.2, 0) is 19.5 Å². The molecule has 0 radical (unpaired) electrons. The van der Waals surface area contributed by atoms with E-state index in [4.69, 9.17) is 0 Å². The summed E-state index contributed by atoms with van der Waals surface area (Å²) < 4.78 is 31.6. The van der Waals surface area contributed by atoms with Gasteiger partial charge in [-0.1, -0.05) is 0 Å². The highest BCUT2D eigenvalue weighted by molar-refractivity contribution is 7.21. The van der Waals surface area contributed by atoms with Crippen LogP contribution in [0.4, 0.5) is 20.2 Å². The molecule has 1 aromatic carbocycles. The van der Waals surface area contributed by atoms with Crippen molar-refractivity contribution in [2.24, 2.45) is 0 Å². The molecule has 0 atom stereocenters. The summed E-state index contributed by atoms with van der Waals surface area (Å²) in [5.74, 6) is -1.23. The number of nitrogens with one attached hydrogen (secondary N) is 2. The Balaban J connectivity index is 1.26. The van der Waals surface area contributed by atoms with Gasteiger partial charge in [0.2, 0.25) is 0 Å². The number of carbonyl (C=O) groups is 1. The van der Waals surface area contributed by atoms with Crippen molar-refractivity contribution in [2.75, 3.05) is 30.4 Å². The maximum absolute atomic E-state index is 14.9. The van der Waals surface area contributed by atoms with Crippen molar-refractivity contribution >= 4 is 38.8 Å². The summed E-state index contributed by atoms with van der Waals surface area (Å²) in [7, 11) is 1.76. The summed E-state index contributed by atoms with van der Waals surface area (Å²) >= 11 is 1.30. The van der Waals surface area contributed by atoms with Crippen molar-refractivity contribution in [3.8, 4) is 0 Å². The molecular formula is C24H24F2N6OS. The Hall–Kier alpha value is -3.53. The topological polar surface area (TPSA) is 75.1 Å². The molecule has 1 amide bonds. The zero-order valence-electron chi connectivity index (χ0n) is 18.9. The molecule has 5 rings (SSSR count). The van der Waals surface area contributed by atoms with Crippen LogP contribution >= 0.6 is 11.3 Å². The van der Waals surface area contributed by atoms with Crippen LogP contribution in [-0.4, -0.2) is 40.8 Å². The number of halogens is 2. The predicted octanol–water partition coefficient (Wildman–Crippen LogP) is 4.11. The Bertz CT molecular complexity index is 1380. The van der Waals surface area contributed by atoms with Gasteiger partial charge < -0.3 is 15.5 Å². The van der Waals surface area contributed by atoms with E-state index < -0.39 is 11.6 Å². The molecule has 0 saturated heterocycles. The highest BCUT2D eigenvalue weighted by Crippen LogP contribution is 2.34. The van der Waals surface area contributed by atoms with E-state index in [0.717, 1.165) is 27.3 Å². The molecule has 0 aliphatic carbocycles. The fraction of sp³-hybridized carbons (Fsp3) is 0.292. The van der Waals surface area contributed by atoms with Crippen molar-refractivity contribution in [1.29, 1.82) is 0 Å². The average molecular weight is 483 g/mol. The third-order valence-electron chi connectivity index (χ3n) is 6.03. The molecule has 34 heavy (non-hydrogen) atoms. The van der Waals surface area contributed by atoms with Crippen LogP contribution in [0.15, 0.2) is 36.5 Å². The summed E-state index contributed by atoms with van der Waals surface area (Å²) in [5.41, 5.74) is 3.02. The van der Waals surface area contributed by atoms with E-state index in [-0.39, 0.29) is 30.1 Å². The molecular weight excluding hydrogens is 458 g/mol. The van der Waals surface area contributed by atoms with Crippen LogP contribution in [0.1, 0.15) is 26.6 Å². The van der Waals surface area contributed by atoms with E-state index in [1.165, 1.54) is 23.5 Å². The van der Waals surface area contributed by atoms with Crippen LogP contribution in [0, 0.1) is 18.6 Å². The molecule has 176 valence electrons. The number of aryl methyl sites for hydroxylation is 1. The second-order valence-corrected chi connectivity index (χ2v) is 9.23. The summed E-state index contributed by atoms with van der Waals surface area (Å²) in [6.07, 6.45) is 1.89. The quantitative estimate of drug-likeness (QED) is 0.433. The van der Waals surface area contributed by atoms with Crippen LogP contribution in [0.25, 0.3) is 10.2 Å². The Morgan fingerprint density at radius 1 is 1.18 bits per heavy atom. The molecule has 0 spiro atoms. The average Bonchev–Trinajstić information content (AvgIpc) is 3.44. The lowest BCUT2D eigenvalue weighted by molar-refractivity contribution is 0.0959. The van der Waals surface area contributed by atoms with Gasteiger partial charge in [0, 0.05) is 43.5 Å². The van der Waals surface area contributed by atoms with Gasteiger partial charge >= 0.3 is 0 Å². The number of thiophene rings is 1. The molecule has 2 N–H and O–H groups in total. The molecule has 0 unspecified atom stereocenters. The molecule has 4 aromatic rings. The number of anilines is 2. The van der Waals surface area contributed by atoms with Gasteiger partial charge in [-0.2, -0.15) is 5.10 Å². The molecule has 0 saturated carbocycles. The lowest BCUT2D eigenvalue weighted by atomic mass is 10.1. The minimum absolute atomic E-state index is 0.179. The fourth-order valence-corrected chi connectivity index (χ4v) is 5.41. The normalized spacial score (nSPS) is 13.2. The van der Waals surface area contributed by atoms with E-state index in [2.05, 4.69) is 20.7 Å². The number of amides is 1. The highest BCUT2D eigenvalue weighted by Gasteiger charge is 2.22. The molecule has 7 nitrogen and oxygen atoms in total. The first kappa shape index (κ1) is 22.3. The largest absolute Gasteiger partial charge is 0.386 e. The van der Waals surface area contributed by atoms with E-state index in [0.29, 0.717) is 24.5 Å². The number of carbonyl (C=O) groups excluding carboxylic acids is 1. The van der Waals surface area contributed by atoms with E-state index in [9.17, 15) is 13.6 Å². The predicted molar refractivity (Wildman–Crippen MR) is 130 cm³/mol. The van der Waals surface area contributed by atoms with Crippen molar-refractivity contribution in [3.05, 3.63) is 70.0 Å². The number of pyridine rings is 1. The summed E-state index contributed by atoms with van der Waals surface area (Å²) in [5, 5.41) is 11.0. The van der Waals surface area contributed by atoms with Gasteiger partial charge in [-0.05, 0) is 43.2 Å². The number of hydrogen-bond acceptors (Lipinski definition) is 6. The Kier molecular flexibility index (Phi) is 5.91. The van der Waals surface area contributed by atoms with Crippen molar-refractivity contribution in [2.45, 2.75) is 26.4 Å². The molecule has 0 fully saturated rings. The highest BCUT2D eigenvalue weighted by atomic mass is 32.1. The van der Waals surface area contributed by atoms with E-state index in [1.807, 2.05) is 34.7 Å². The molecule has 1 aliphatic rings. The SMILES string of the molecule is CNc1c(C(=O)NCCc2cc(F)c(N3CCn4nccc4C3)cc2F)sc2nc(C)ccc12. The van der Waals surface area contributed by atoms with Crippen molar-refractivity contribution in [1.82, 2.24) is 20.1 Å². The lowest BCUT2D eigenvalue weighted by Gasteiger charge is -2.30. The van der Waals surface area contributed by atoms with E-state index >= 15 is 0 Å². The van der Waals surface area contributed by atoms with Gasteiger partial charge in [0.15, 0.2) is 0 Å². The standard InChI is InChI=1S/C24H24F2N6OS/c1-14-3-4-17-21(27-2)22(34-24(17)30-14)23(33)28-7-5-15-11-19(26)20(12-18(15)25)31-9-10-32-16(13-31)6-8-29-32/h3-4,6,8,11-12,27H,5,7,9-10,13H2,1-2H3,(H,28,33). The van der Waals surface area contributed by atoms with Crippen LogP contribution in [0.3, 0.4) is 0 Å². The minimum Gasteiger partial charge on any atom is -0.386 e. The smallest absolute Gasteiger partial charge is 0.263 e. The number of hydrogen-bond donors (Lipinski definition) is 2. The van der Waals surface area contributed by atoms with Crippen molar-refractivity contribution in [3.63, 3.8) is 0 Å². The summed E-state index contributed by atoms with van der Waals surface area (Å²) in [4.78, 5) is 20.4. The zero-order valence-corrected chi connectivity index (χ0v) is 19.7. The monoisotopic (exact) mass is 482 g/mol. The van der Waals surface area contributed by atoms with Gasteiger partial charge in [0.25, 0.3) is 5.91 Å². The fourth-order valence-electron chi connectivity index (χ4n) is 4.27. The molecule has 4 heterocycles. The summed E-state index contributed by atoms with van der Waals surface area (Å²) in [6, 6.07) is 8.19. The Labute approximate surface area is 199 Å². The van der Waals surface area contributed by atoms with Gasteiger partial charge in [-0.15, -0.1) is 11.3 Å². The first-order valence-electron chi connectivity index (χ1n) is 11.0. The number of rotatable bonds is 6. The second kappa shape index (κ2) is 9.02. The third kappa shape index (κ3) is 4.09.